The number of halogens is 1. The van der Waals surface area contributed by atoms with Crippen LogP contribution in [0.3, 0.4) is 0 Å². The number of aryl methyl sites for hydroxylation is 1. The van der Waals surface area contributed by atoms with Crippen molar-refractivity contribution in [3.05, 3.63) is 64.9 Å². The normalized spacial score (nSPS) is 11.9. The van der Waals surface area contributed by atoms with E-state index in [9.17, 15) is 4.79 Å². The Balaban J connectivity index is 1.55. The highest BCUT2D eigenvalue weighted by Gasteiger charge is 2.16. The molecule has 0 fully saturated rings. The first-order valence-corrected chi connectivity index (χ1v) is 8.54. The fraction of sp³-hybridized carbons (Fsp3) is 0.105. The van der Waals surface area contributed by atoms with Crippen molar-refractivity contribution in [1.29, 1.82) is 0 Å². The molecule has 0 radical (unpaired) electrons. The van der Waals surface area contributed by atoms with E-state index in [4.69, 9.17) is 21.1 Å². The minimum atomic E-state index is -0.360. The molecule has 2 N–H and O–H groups in total. The smallest absolute Gasteiger partial charge is 0.274 e. The molecule has 2 aromatic carbocycles. The maximum atomic E-state index is 12.6. The van der Waals surface area contributed by atoms with Crippen molar-refractivity contribution in [1.82, 2.24) is 9.97 Å². The van der Waals surface area contributed by atoms with Crippen molar-refractivity contribution in [2.24, 2.45) is 0 Å². The fourth-order valence-corrected chi connectivity index (χ4v) is 2.78. The summed E-state index contributed by atoms with van der Waals surface area (Å²) < 4.78 is 10.6. The number of rotatable bonds is 4. The Kier molecular flexibility index (Phi) is 4.52. The Bertz CT molecular complexity index is 1030. The number of hydrogen-bond acceptors (Lipinski definition) is 6. The van der Waals surface area contributed by atoms with E-state index in [0.29, 0.717) is 39.5 Å². The minimum Gasteiger partial charge on any atom is -0.454 e. The predicted molar refractivity (Wildman–Crippen MR) is 102 cm³/mol. The van der Waals surface area contributed by atoms with Gasteiger partial charge in [-0.1, -0.05) is 23.7 Å². The number of hydrogen-bond donors (Lipinski definition) is 2. The molecule has 0 saturated carbocycles. The molecular weight excluding hydrogens is 368 g/mol. The number of nitrogens with one attached hydrogen (secondary N) is 2. The summed E-state index contributed by atoms with van der Waals surface area (Å²) in [6, 6.07) is 14.0. The van der Waals surface area contributed by atoms with Gasteiger partial charge in [-0.05, 0) is 37.3 Å². The summed E-state index contributed by atoms with van der Waals surface area (Å²) in [5.41, 5.74) is 2.12. The van der Waals surface area contributed by atoms with Crippen LogP contribution in [-0.4, -0.2) is 22.7 Å². The van der Waals surface area contributed by atoms with E-state index in [1.807, 2.05) is 12.1 Å². The quantitative estimate of drug-likeness (QED) is 0.704. The first-order valence-electron chi connectivity index (χ1n) is 8.17. The van der Waals surface area contributed by atoms with Gasteiger partial charge in [-0.3, -0.25) is 4.79 Å². The highest BCUT2D eigenvalue weighted by Crippen LogP contribution is 2.34. The molecule has 0 atom stereocenters. The van der Waals surface area contributed by atoms with Gasteiger partial charge in [-0.2, -0.15) is 0 Å². The summed E-state index contributed by atoms with van der Waals surface area (Å²) in [6.07, 6.45) is 0. The average molecular weight is 383 g/mol. The Morgan fingerprint density at radius 2 is 1.89 bits per heavy atom. The first-order chi connectivity index (χ1) is 13.1. The molecule has 136 valence electrons. The molecule has 0 spiro atoms. The highest BCUT2D eigenvalue weighted by molar-refractivity contribution is 6.33. The third-order valence-corrected chi connectivity index (χ3v) is 4.17. The Hall–Kier alpha value is -3.32. The van der Waals surface area contributed by atoms with Crippen molar-refractivity contribution in [2.45, 2.75) is 6.92 Å². The molecule has 1 aliphatic heterocycles. The molecule has 1 amide bonds. The molecule has 0 unspecified atom stereocenters. The van der Waals surface area contributed by atoms with Gasteiger partial charge in [0.05, 0.1) is 10.7 Å². The van der Waals surface area contributed by atoms with Crippen molar-refractivity contribution in [2.75, 3.05) is 17.4 Å². The first kappa shape index (κ1) is 17.1. The van der Waals surface area contributed by atoms with E-state index in [1.54, 1.807) is 43.3 Å². The van der Waals surface area contributed by atoms with Gasteiger partial charge in [0.15, 0.2) is 11.5 Å². The maximum Gasteiger partial charge on any atom is 0.274 e. The zero-order chi connectivity index (χ0) is 18.8. The van der Waals surface area contributed by atoms with Crippen LogP contribution in [0.5, 0.6) is 11.5 Å². The second-order valence-electron chi connectivity index (χ2n) is 5.85. The second kappa shape index (κ2) is 7.13. The van der Waals surface area contributed by atoms with E-state index >= 15 is 0 Å². The van der Waals surface area contributed by atoms with Gasteiger partial charge in [-0.25, -0.2) is 9.97 Å². The van der Waals surface area contributed by atoms with Crippen molar-refractivity contribution >= 4 is 34.8 Å². The molecule has 2 heterocycles. The Morgan fingerprint density at radius 3 is 2.74 bits per heavy atom. The molecule has 0 saturated heterocycles. The van der Waals surface area contributed by atoms with Crippen LogP contribution in [0.15, 0.2) is 48.5 Å². The van der Waals surface area contributed by atoms with Gasteiger partial charge in [0, 0.05) is 17.4 Å². The van der Waals surface area contributed by atoms with Gasteiger partial charge >= 0.3 is 0 Å². The third-order valence-electron chi connectivity index (χ3n) is 3.84. The number of anilines is 3. The highest BCUT2D eigenvalue weighted by atomic mass is 35.5. The van der Waals surface area contributed by atoms with Crippen LogP contribution in [0.25, 0.3) is 0 Å². The molecule has 4 rings (SSSR count). The lowest BCUT2D eigenvalue weighted by Gasteiger charge is -2.10. The number of fused-ring (bicyclic) bond motifs is 1. The van der Waals surface area contributed by atoms with Gasteiger partial charge < -0.3 is 20.1 Å². The number of amides is 1. The summed E-state index contributed by atoms with van der Waals surface area (Å²) in [7, 11) is 0. The molecule has 1 aromatic heterocycles. The van der Waals surface area contributed by atoms with Gasteiger partial charge in [0.25, 0.3) is 5.91 Å². The third kappa shape index (κ3) is 3.78. The van der Waals surface area contributed by atoms with E-state index in [1.165, 1.54) is 0 Å². The van der Waals surface area contributed by atoms with Crippen LogP contribution in [0.2, 0.25) is 5.02 Å². The Labute approximate surface area is 160 Å². The molecule has 0 bridgehead atoms. The van der Waals surface area contributed by atoms with Crippen LogP contribution in [0.1, 0.15) is 16.2 Å². The van der Waals surface area contributed by atoms with E-state index < -0.39 is 0 Å². The maximum absolute atomic E-state index is 12.6. The van der Waals surface area contributed by atoms with Gasteiger partial charge in [-0.15, -0.1) is 0 Å². The van der Waals surface area contributed by atoms with Gasteiger partial charge in [0.1, 0.15) is 5.69 Å². The largest absolute Gasteiger partial charge is 0.454 e. The van der Waals surface area contributed by atoms with Gasteiger partial charge in [0.2, 0.25) is 12.7 Å². The average Bonchev–Trinajstić information content (AvgIpc) is 3.11. The number of nitrogens with zero attached hydrogens (tertiary/aromatic N) is 2. The zero-order valence-electron chi connectivity index (χ0n) is 14.3. The standard InChI is InChI=1S/C19H15ClN4O3/c1-11-8-15(24-19(21-11)23-14-5-3-2-4-13(14)20)18(25)22-12-6-7-16-17(9-12)27-10-26-16/h2-9H,10H2,1H3,(H,22,25)(H,21,23,24). The van der Waals surface area contributed by atoms with Crippen molar-refractivity contribution in [3.63, 3.8) is 0 Å². The summed E-state index contributed by atoms with van der Waals surface area (Å²) in [6.45, 7) is 1.96. The van der Waals surface area contributed by atoms with Crippen LogP contribution < -0.4 is 20.1 Å². The summed E-state index contributed by atoms with van der Waals surface area (Å²) in [4.78, 5) is 21.2. The zero-order valence-corrected chi connectivity index (χ0v) is 15.1. The molecule has 1 aliphatic rings. The van der Waals surface area contributed by atoms with Crippen LogP contribution in [0, 0.1) is 6.92 Å². The topological polar surface area (TPSA) is 85.4 Å². The number of carbonyl (C=O) groups excluding carboxylic acids is 1. The molecule has 7 nitrogen and oxygen atoms in total. The van der Waals surface area contributed by atoms with Crippen LogP contribution >= 0.6 is 11.6 Å². The lowest BCUT2D eigenvalue weighted by Crippen LogP contribution is -2.15. The minimum absolute atomic E-state index is 0.176. The predicted octanol–water partition coefficient (Wildman–Crippen LogP) is 4.16. The number of carbonyl (C=O) groups is 1. The lowest BCUT2D eigenvalue weighted by atomic mass is 10.2. The monoisotopic (exact) mass is 382 g/mol. The fourth-order valence-electron chi connectivity index (χ4n) is 2.59. The summed E-state index contributed by atoms with van der Waals surface area (Å²) >= 11 is 6.15. The molecule has 0 aliphatic carbocycles. The lowest BCUT2D eigenvalue weighted by molar-refractivity contribution is 0.102. The van der Waals surface area contributed by atoms with E-state index in [-0.39, 0.29) is 18.4 Å². The summed E-state index contributed by atoms with van der Waals surface area (Å²) in [5.74, 6) is 1.17. The van der Waals surface area contributed by atoms with E-state index in [2.05, 4.69) is 20.6 Å². The van der Waals surface area contributed by atoms with Crippen LogP contribution in [-0.2, 0) is 0 Å². The number of para-hydroxylation sites is 1. The SMILES string of the molecule is Cc1cc(C(=O)Nc2ccc3c(c2)OCO3)nc(Nc2ccccc2Cl)n1. The van der Waals surface area contributed by atoms with Crippen LogP contribution in [0.4, 0.5) is 17.3 Å². The second-order valence-corrected chi connectivity index (χ2v) is 6.25. The van der Waals surface area contributed by atoms with E-state index in [0.717, 1.165) is 0 Å². The number of benzene rings is 2. The Morgan fingerprint density at radius 1 is 1.07 bits per heavy atom. The molecular formula is C19H15ClN4O3. The number of ether oxygens (including phenoxy) is 2. The number of aromatic nitrogens is 2. The molecule has 8 heteroatoms. The molecule has 3 aromatic rings. The van der Waals surface area contributed by atoms with Crippen molar-refractivity contribution < 1.29 is 14.3 Å². The summed E-state index contributed by atoms with van der Waals surface area (Å²) in [5, 5.41) is 6.37. The van der Waals surface area contributed by atoms with Crippen molar-refractivity contribution in [3.8, 4) is 11.5 Å². The molecule has 27 heavy (non-hydrogen) atoms.